The summed E-state index contributed by atoms with van der Waals surface area (Å²) in [6, 6.07) is 73.6. The average Bonchev–Trinajstić information content (AvgIpc) is 3.82. The summed E-state index contributed by atoms with van der Waals surface area (Å²) in [4.78, 5) is 0. The predicted octanol–water partition coefficient (Wildman–Crippen LogP) is 13.8. The Labute approximate surface area is 331 Å². The molecule has 0 aliphatic carbocycles. The van der Waals surface area contributed by atoms with E-state index in [1.807, 2.05) is 0 Å². The van der Waals surface area contributed by atoms with Crippen LogP contribution >= 0.6 is 0 Å². The fraction of sp³-hybridized carbons (Fsp3) is 0. The van der Waals surface area contributed by atoms with E-state index in [1.165, 1.54) is 21.9 Å². The Bertz CT molecular complexity index is 2970. The number of fused-ring (bicyclic) bond motifs is 12. The van der Waals surface area contributed by atoms with E-state index in [0.29, 0.717) is 0 Å². The molecule has 0 saturated carbocycles. The maximum Gasteiger partial charge on any atom is 0.734 e. The van der Waals surface area contributed by atoms with Gasteiger partial charge in [-0.1, -0.05) is 182 Å². The Hall–Kier alpha value is -7.34. The largest absolute Gasteiger partial charge is 0.734 e. The van der Waals surface area contributed by atoms with E-state index in [1.54, 1.807) is 0 Å². The smallest absolute Gasteiger partial charge is 0.478 e. The molecule has 0 saturated heterocycles. The van der Waals surface area contributed by atoms with Gasteiger partial charge in [0.05, 0.1) is 11.4 Å². The zero-order valence-electron chi connectivity index (χ0n) is 30.8. The highest BCUT2D eigenvalue weighted by Gasteiger charge is 2.69. The topological polar surface area (TPSA) is 24.9 Å². The van der Waals surface area contributed by atoms with E-state index < -0.39 is 8.88 Å². The molecule has 2 heterocycles. The minimum Gasteiger partial charge on any atom is -0.478 e. The molecule has 10 aromatic carbocycles. The van der Waals surface area contributed by atoms with Crippen LogP contribution in [0.15, 0.2) is 206 Å². The number of benzene rings is 10. The van der Waals surface area contributed by atoms with Crippen molar-refractivity contribution in [3.8, 4) is 33.8 Å². The molecule has 0 unspecified atom stereocenters. The van der Waals surface area contributed by atoms with Crippen molar-refractivity contribution in [1.82, 2.24) is 0 Å². The molecule has 0 radical (unpaired) electrons. The van der Waals surface area contributed by atoms with Gasteiger partial charge in [-0.3, -0.25) is 9.13 Å². The summed E-state index contributed by atoms with van der Waals surface area (Å²) in [5.74, 6) is 1.69. The third-order valence-electron chi connectivity index (χ3n) is 11.7. The Morgan fingerprint density at radius 3 is 0.912 bits per heavy atom. The molecule has 5 heteroatoms. The van der Waals surface area contributed by atoms with Crippen LogP contribution in [0.2, 0.25) is 0 Å². The van der Waals surface area contributed by atoms with E-state index in [-0.39, 0.29) is 0 Å². The molecule has 0 N–H and O–H groups in total. The van der Waals surface area contributed by atoms with Crippen LogP contribution in [0.4, 0.5) is 22.7 Å². The van der Waals surface area contributed by atoms with Gasteiger partial charge in [-0.05, 0) is 68.1 Å². The van der Waals surface area contributed by atoms with Crippen molar-refractivity contribution in [3.05, 3.63) is 206 Å². The van der Waals surface area contributed by atoms with Gasteiger partial charge in [0.2, 0.25) is 0 Å². The second kappa shape index (κ2) is 12.3. The molecule has 0 atom stereocenters. The lowest BCUT2D eigenvalue weighted by atomic mass is 9.99. The second-order valence-electron chi connectivity index (χ2n) is 14.8. The van der Waals surface area contributed by atoms with Crippen molar-refractivity contribution < 1.29 is 8.85 Å². The summed E-state index contributed by atoms with van der Waals surface area (Å²) in [5, 5.41) is 9.04. The number of anilines is 4. The van der Waals surface area contributed by atoms with Crippen molar-refractivity contribution >= 4 is 74.7 Å². The van der Waals surface area contributed by atoms with Crippen LogP contribution in [0, 0.1) is 0 Å². The number of hydrogen-bond donors (Lipinski definition) is 0. The lowest BCUT2D eigenvalue weighted by Crippen LogP contribution is -2.67. The summed E-state index contributed by atoms with van der Waals surface area (Å²) < 4.78 is 20.4. The molecule has 57 heavy (non-hydrogen) atoms. The van der Waals surface area contributed by atoms with E-state index in [9.17, 15) is 0 Å². The summed E-state index contributed by atoms with van der Waals surface area (Å²) in [6.45, 7) is 0. The third kappa shape index (κ3) is 4.67. The molecule has 0 aromatic heterocycles. The van der Waals surface area contributed by atoms with Gasteiger partial charge in [-0.15, -0.1) is 0 Å². The standard InChI is InChI=1S/C52H34N2O2Si/c1-3-15-35(16-4-1)37-27-31-39(32-28-37)53-49-45-23-11-7-19-41(45)43-21-9-13-25-47(43)51(49)55-57(53)54(40-33-29-38(30-34-40)36-17-5-2-6-18-36)50-46-24-12-8-20-42(46)44-22-10-14-26-48(44)52(50)56-57/h1-34H. The summed E-state index contributed by atoms with van der Waals surface area (Å²) in [5.41, 5.74) is 8.72. The van der Waals surface area contributed by atoms with Crippen LogP contribution in [0.3, 0.4) is 0 Å². The monoisotopic (exact) mass is 746 g/mol. The van der Waals surface area contributed by atoms with Gasteiger partial charge in [0, 0.05) is 32.9 Å². The van der Waals surface area contributed by atoms with E-state index >= 15 is 0 Å². The minimum absolute atomic E-state index is 0.843. The molecule has 12 rings (SSSR count). The lowest BCUT2D eigenvalue weighted by molar-refractivity contribution is 0.418. The predicted molar refractivity (Wildman–Crippen MR) is 238 cm³/mol. The first-order valence-corrected chi connectivity index (χ1v) is 21.1. The normalized spacial score (nSPS) is 14.0. The highest BCUT2D eigenvalue weighted by Crippen LogP contribution is 2.61. The maximum atomic E-state index is 7.79. The zero-order chi connectivity index (χ0) is 37.5. The highest BCUT2D eigenvalue weighted by molar-refractivity contribution is 6.83. The molecule has 1 spiro atoms. The highest BCUT2D eigenvalue weighted by atomic mass is 28.4. The molecular weight excluding hydrogens is 713 g/mol. The van der Waals surface area contributed by atoms with Gasteiger partial charge in [0.1, 0.15) is 11.5 Å². The molecule has 2 aliphatic heterocycles. The summed E-state index contributed by atoms with van der Waals surface area (Å²) >= 11 is 0. The van der Waals surface area contributed by atoms with Crippen molar-refractivity contribution in [1.29, 1.82) is 0 Å². The molecule has 0 fully saturated rings. The molecule has 10 aromatic rings. The maximum absolute atomic E-state index is 7.79. The van der Waals surface area contributed by atoms with Crippen molar-refractivity contribution in [3.63, 3.8) is 0 Å². The average molecular weight is 747 g/mol. The minimum atomic E-state index is -3.81. The molecule has 4 nitrogen and oxygen atoms in total. The van der Waals surface area contributed by atoms with Gasteiger partial charge in [0.25, 0.3) is 0 Å². The fourth-order valence-electron chi connectivity index (χ4n) is 9.13. The van der Waals surface area contributed by atoms with Crippen molar-refractivity contribution in [2.75, 3.05) is 9.13 Å². The first-order chi connectivity index (χ1) is 28.3. The van der Waals surface area contributed by atoms with Crippen LogP contribution < -0.4 is 18.0 Å². The van der Waals surface area contributed by atoms with Gasteiger partial charge in [0.15, 0.2) is 0 Å². The van der Waals surface area contributed by atoms with Crippen LogP contribution in [0.5, 0.6) is 11.5 Å². The SMILES string of the molecule is c1ccc(-c2ccc(N3c4c(c5ccccc5c5ccccc45)O[Si]34Oc3c(c5ccccc5c5ccccc35)N4c3ccc(-c4ccccc4)cc3)cc2)cc1. The van der Waals surface area contributed by atoms with Crippen molar-refractivity contribution in [2.24, 2.45) is 0 Å². The molecule has 0 bridgehead atoms. The first kappa shape index (κ1) is 32.0. The summed E-state index contributed by atoms with van der Waals surface area (Å²) in [6.07, 6.45) is 0. The Kier molecular flexibility index (Phi) is 6.91. The van der Waals surface area contributed by atoms with Gasteiger partial charge < -0.3 is 8.85 Å². The first-order valence-electron chi connectivity index (χ1n) is 19.4. The van der Waals surface area contributed by atoms with Crippen LogP contribution in [-0.4, -0.2) is 8.88 Å². The second-order valence-corrected chi connectivity index (χ2v) is 17.2. The zero-order valence-corrected chi connectivity index (χ0v) is 31.8. The number of rotatable bonds is 4. The van der Waals surface area contributed by atoms with Crippen LogP contribution in [-0.2, 0) is 0 Å². The molecule has 0 amide bonds. The van der Waals surface area contributed by atoms with Crippen LogP contribution in [0.1, 0.15) is 0 Å². The lowest BCUT2D eigenvalue weighted by Gasteiger charge is -2.36. The molecule has 268 valence electrons. The Morgan fingerprint density at radius 1 is 0.263 bits per heavy atom. The number of nitrogens with zero attached hydrogens (tertiary/aromatic N) is 2. The summed E-state index contributed by atoms with van der Waals surface area (Å²) in [7, 11) is -3.81. The van der Waals surface area contributed by atoms with Gasteiger partial charge in [-0.2, -0.15) is 0 Å². The van der Waals surface area contributed by atoms with Gasteiger partial charge in [-0.25, -0.2) is 0 Å². The Balaban J connectivity index is 1.18. The van der Waals surface area contributed by atoms with E-state index in [0.717, 1.165) is 77.7 Å². The van der Waals surface area contributed by atoms with E-state index in [4.69, 9.17) is 8.85 Å². The van der Waals surface area contributed by atoms with Gasteiger partial charge >= 0.3 is 8.88 Å². The Morgan fingerprint density at radius 2 is 0.544 bits per heavy atom. The van der Waals surface area contributed by atoms with E-state index in [2.05, 4.69) is 215 Å². The van der Waals surface area contributed by atoms with Crippen LogP contribution in [0.25, 0.3) is 65.3 Å². The third-order valence-corrected chi connectivity index (χ3v) is 14.7. The quantitative estimate of drug-likeness (QED) is 0.132. The molecule has 2 aliphatic rings. The number of hydrogen-bond acceptors (Lipinski definition) is 4. The molecular formula is C52H34N2O2Si. The fourth-order valence-corrected chi connectivity index (χ4v) is 12.6. The van der Waals surface area contributed by atoms with Crippen molar-refractivity contribution in [2.45, 2.75) is 0 Å².